The molecule has 1 N–H and O–H groups in total. The maximum Gasteiger partial charge on any atom is 0.257 e. The molecule has 1 aromatic heterocycles. The Labute approximate surface area is 197 Å². The third kappa shape index (κ3) is 4.74. The fourth-order valence-electron chi connectivity index (χ4n) is 4.35. The van der Waals surface area contributed by atoms with Crippen LogP contribution in [-0.4, -0.2) is 59.4 Å². The highest BCUT2D eigenvalue weighted by atomic mass is 35.5. The van der Waals surface area contributed by atoms with E-state index in [0.29, 0.717) is 18.0 Å². The molecule has 1 amide bonds. The average molecular weight is 465 g/mol. The molecule has 1 atom stereocenters. The molecule has 0 bridgehead atoms. The lowest BCUT2D eigenvalue weighted by molar-refractivity contribution is -0.134. The molecule has 170 valence electrons. The monoisotopic (exact) mass is 464 g/mol. The van der Waals surface area contributed by atoms with Crippen LogP contribution in [0.3, 0.4) is 0 Å². The molecule has 0 unspecified atom stereocenters. The summed E-state index contributed by atoms with van der Waals surface area (Å²) in [7, 11) is 0. The highest BCUT2D eigenvalue weighted by molar-refractivity contribution is 6.30. The molecule has 1 saturated heterocycles. The van der Waals surface area contributed by atoms with Crippen LogP contribution in [0.1, 0.15) is 23.8 Å². The van der Waals surface area contributed by atoms with Crippen LogP contribution in [-0.2, 0) is 4.79 Å². The number of benzene rings is 2. The Morgan fingerprint density at radius 1 is 1.03 bits per heavy atom. The molecule has 2 aliphatic rings. The van der Waals surface area contributed by atoms with E-state index >= 15 is 0 Å². The predicted octanol–water partition coefficient (Wildman–Crippen LogP) is 4.14. The van der Waals surface area contributed by atoms with Gasteiger partial charge in [-0.3, -0.25) is 9.69 Å². The first-order valence-corrected chi connectivity index (χ1v) is 11.4. The van der Waals surface area contributed by atoms with Crippen molar-refractivity contribution in [2.24, 2.45) is 5.10 Å². The molecule has 3 aromatic rings. The van der Waals surface area contributed by atoms with Gasteiger partial charge in [0.25, 0.3) is 5.91 Å². The van der Waals surface area contributed by atoms with Crippen molar-refractivity contribution in [3.05, 3.63) is 83.3 Å². The number of anilines is 1. The zero-order valence-corrected chi connectivity index (χ0v) is 18.9. The SMILES string of the molecule is O=C(CN1CCN(c2ccc(O)cc2)CC1)N1N=C(c2ccc(Cl)cc2)C[C@@H]1c1ccco1. The van der Waals surface area contributed by atoms with Crippen LogP contribution in [0.25, 0.3) is 0 Å². The van der Waals surface area contributed by atoms with Crippen molar-refractivity contribution in [2.75, 3.05) is 37.6 Å². The Kier molecular flexibility index (Phi) is 6.07. The van der Waals surface area contributed by atoms with E-state index in [4.69, 9.17) is 21.1 Å². The second-order valence-electron chi connectivity index (χ2n) is 8.31. The summed E-state index contributed by atoms with van der Waals surface area (Å²) in [6.45, 7) is 3.50. The van der Waals surface area contributed by atoms with Crippen molar-refractivity contribution in [1.82, 2.24) is 9.91 Å². The first-order chi connectivity index (χ1) is 16.1. The van der Waals surface area contributed by atoms with E-state index in [1.807, 2.05) is 48.5 Å². The second-order valence-corrected chi connectivity index (χ2v) is 8.74. The Balaban J connectivity index is 1.26. The van der Waals surface area contributed by atoms with Crippen LogP contribution < -0.4 is 4.90 Å². The Hall–Kier alpha value is -3.29. The highest BCUT2D eigenvalue weighted by Crippen LogP contribution is 2.33. The van der Waals surface area contributed by atoms with Gasteiger partial charge in [-0.2, -0.15) is 5.10 Å². The molecule has 5 rings (SSSR count). The second kappa shape index (κ2) is 9.29. The number of rotatable bonds is 5. The number of hydrogen-bond acceptors (Lipinski definition) is 6. The Morgan fingerprint density at radius 2 is 1.76 bits per heavy atom. The molecular formula is C25H25ClN4O3. The van der Waals surface area contributed by atoms with Gasteiger partial charge in [-0.25, -0.2) is 5.01 Å². The third-order valence-corrected chi connectivity index (χ3v) is 6.41. The van der Waals surface area contributed by atoms with E-state index in [9.17, 15) is 9.90 Å². The minimum atomic E-state index is -0.253. The van der Waals surface area contributed by atoms with Gasteiger partial charge in [-0.1, -0.05) is 23.7 Å². The van der Waals surface area contributed by atoms with Gasteiger partial charge in [-0.15, -0.1) is 0 Å². The summed E-state index contributed by atoms with van der Waals surface area (Å²) in [6.07, 6.45) is 2.22. The third-order valence-electron chi connectivity index (χ3n) is 6.16. The summed E-state index contributed by atoms with van der Waals surface area (Å²) in [5.74, 6) is 0.949. The van der Waals surface area contributed by atoms with Gasteiger partial charge in [0.05, 0.1) is 18.5 Å². The summed E-state index contributed by atoms with van der Waals surface area (Å²) in [5, 5.41) is 16.4. The van der Waals surface area contributed by atoms with Crippen LogP contribution in [0.5, 0.6) is 5.75 Å². The lowest BCUT2D eigenvalue weighted by atomic mass is 10.0. The van der Waals surface area contributed by atoms with Gasteiger partial charge in [0.2, 0.25) is 0 Å². The Morgan fingerprint density at radius 3 is 2.42 bits per heavy atom. The van der Waals surface area contributed by atoms with E-state index in [1.165, 1.54) is 0 Å². The number of nitrogens with zero attached hydrogens (tertiary/aromatic N) is 4. The van der Waals surface area contributed by atoms with Crippen molar-refractivity contribution in [2.45, 2.75) is 12.5 Å². The quantitative estimate of drug-likeness (QED) is 0.614. The molecule has 2 aliphatic heterocycles. The molecule has 0 aliphatic carbocycles. The van der Waals surface area contributed by atoms with E-state index in [0.717, 1.165) is 48.9 Å². The number of piperazine rings is 1. The summed E-state index contributed by atoms with van der Waals surface area (Å²) in [4.78, 5) is 17.7. The first kappa shape index (κ1) is 21.6. The molecular weight excluding hydrogens is 440 g/mol. The number of amides is 1. The Bertz CT molecular complexity index is 1120. The van der Waals surface area contributed by atoms with E-state index in [1.54, 1.807) is 23.4 Å². The molecule has 3 heterocycles. The first-order valence-electron chi connectivity index (χ1n) is 11.0. The highest BCUT2D eigenvalue weighted by Gasteiger charge is 2.35. The number of phenols is 1. The zero-order chi connectivity index (χ0) is 22.8. The van der Waals surface area contributed by atoms with Gasteiger partial charge in [0, 0.05) is 43.3 Å². The van der Waals surface area contributed by atoms with Crippen molar-refractivity contribution >= 4 is 28.9 Å². The lowest BCUT2D eigenvalue weighted by Gasteiger charge is -2.36. The van der Waals surface area contributed by atoms with Gasteiger partial charge in [-0.05, 0) is 54.1 Å². The van der Waals surface area contributed by atoms with Crippen molar-refractivity contribution in [3.63, 3.8) is 0 Å². The van der Waals surface area contributed by atoms with Crippen LogP contribution >= 0.6 is 11.6 Å². The molecule has 0 radical (unpaired) electrons. The van der Waals surface area contributed by atoms with Crippen molar-refractivity contribution in [3.8, 4) is 5.75 Å². The smallest absolute Gasteiger partial charge is 0.257 e. The summed E-state index contributed by atoms with van der Waals surface area (Å²) < 4.78 is 5.64. The van der Waals surface area contributed by atoms with E-state index in [-0.39, 0.29) is 17.7 Å². The summed E-state index contributed by atoms with van der Waals surface area (Å²) in [5.41, 5.74) is 2.88. The van der Waals surface area contributed by atoms with Gasteiger partial charge in [0.1, 0.15) is 17.6 Å². The fourth-order valence-corrected chi connectivity index (χ4v) is 4.48. The van der Waals surface area contributed by atoms with Crippen LogP contribution in [0.4, 0.5) is 5.69 Å². The molecule has 33 heavy (non-hydrogen) atoms. The van der Waals surface area contributed by atoms with Crippen LogP contribution in [0.2, 0.25) is 5.02 Å². The number of hydrogen-bond donors (Lipinski definition) is 1. The number of aromatic hydroxyl groups is 1. The normalized spacial score (nSPS) is 19.1. The number of furan rings is 1. The maximum atomic E-state index is 13.3. The zero-order valence-electron chi connectivity index (χ0n) is 18.1. The van der Waals surface area contributed by atoms with Crippen LogP contribution in [0, 0.1) is 0 Å². The molecule has 8 heteroatoms. The molecule has 7 nitrogen and oxygen atoms in total. The topological polar surface area (TPSA) is 72.5 Å². The van der Waals surface area contributed by atoms with Gasteiger partial charge < -0.3 is 14.4 Å². The minimum Gasteiger partial charge on any atom is -0.508 e. The predicted molar refractivity (Wildman–Crippen MR) is 128 cm³/mol. The van der Waals surface area contributed by atoms with E-state index < -0.39 is 0 Å². The molecule has 2 aromatic carbocycles. The van der Waals surface area contributed by atoms with Crippen molar-refractivity contribution < 1.29 is 14.3 Å². The maximum absolute atomic E-state index is 13.3. The molecule has 1 fully saturated rings. The number of phenolic OH excluding ortho intramolecular Hbond substituents is 1. The fraction of sp³-hybridized carbons (Fsp3) is 0.280. The largest absolute Gasteiger partial charge is 0.508 e. The summed E-state index contributed by atoms with van der Waals surface area (Å²) in [6, 6.07) is 18.2. The number of carbonyl (C=O) groups is 1. The van der Waals surface area contributed by atoms with Crippen molar-refractivity contribution in [1.29, 1.82) is 0 Å². The molecule has 0 saturated carbocycles. The summed E-state index contributed by atoms with van der Waals surface area (Å²) >= 11 is 6.03. The van der Waals surface area contributed by atoms with Gasteiger partial charge in [0.15, 0.2) is 0 Å². The molecule has 0 spiro atoms. The average Bonchev–Trinajstić information content (AvgIpc) is 3.51. The standard InChI is InChI=1S/C25H25ClN4O3/c26-19-5-3-18(4-6-19)22-16-23(24-2-1-15-33-24)30(27-22)25(32)17-28-11-13-29(14-12-28)20-7-9-21(31)10-8-20/h1-10,15,23,31H,11-14,16-17H2/t23-/m1/s1. The van der Waals surface area contributed by atoms with Gasteiger partial charge >= 0.3 is 0 Å². The lowest BCUT2D eigenvalue weighted by Crippen LogP contribution is -2.49. The van der Waals surface area contributed by atoms with E-state index in [2.05, 4.69) is 9.80 Å². The minimum absolute atomic E-state index is 0.0431. The number of hydrazone groups is 1. The van der Waals surface area contributed by atoms with Crippen LogP contribution in [0.15, 0.2) is 76.4 Å². The number of carbonyl (C=O) groups excluding carboxylic acids is 1. The number of halogens is 1.